The minimum atomic E-state index is -3.74. The van der Waals surface area contributed by atoms with Crippen molar-refractivity contribution in [2.75, 3.05) is 0 Å². The molecular formula is C22H15Cl2NO5S. The van der Waals surface area contributed by atoms with Crippen LogP contribution in [-0.2, 0) is 21.1 Å². The molecule has 0 amide bonds. The average Bonchev–Trinajstić information content (AvgIpc) is 3.15. The van der Waals surface area contributed by atoms with Crippen molar-refractivity contribution in [3.05, 3.63) is 82.5 Å². The van der Waals surface area contributed by atoms with E-state index in [1.807, 2.05) is 0 Å². The summed E-state index contributed by atoms with van der Waals surface area (Å²) in [5.41, 5.74) is 1.06. The van der Waals surface area contributed by atoms with E-state index in [9.17, 15) is 13.2 Å². The normalized spacial score (nSPS) is 11.5. The number of benzene rings is 3. The fourth-order valence-electron chi connectivity index (χ4n) is 3.19. The highest BCUT2D eigenvalue weighted by atomic mass is 35.5. The predicted molar refractivity (Wildman–Crippen MR) is 118 cm³/mol. The summed E-state index contributed by atoms with van der Waals surface area (Å²) in [6.07, 6.45) is 1.22. The summed E-state index contributed by atoms with van der Waals surface area (Å²) in [4.78, 5) is 14.2. The van der Waals surface area contributed by atoms with Gasteiger partial charge in [0.2, 0.25) is 9.84 Å². The molecule has 4 rings (SSSR count). The predicted octanol–water partition coefficient (Wildman–Crippen LogP) is 5.73. The van der Waals surface area contributed by atoms with E-state index in [1.54, 1.807) is 36.4 Å². The molecule has 4 aromatic rings. The summed E-state index contributed by atoms with van der Waals surface area (Å²) in [5.74, 6) is -0.530. The maximum atomic E-state index is 13.1. The first-order valence-corrected chi connectivity index (χ1v) is 11.3. The molecule has 0 aliphatic rings. The number of ether oxygens (including phenoxy) is 1. The lowest BCUT2D eigenvalue weighted by Crippen LogP contribution is -2.01. The molecule has 2 N–H and O–H groups in total. The van der Waals surface area contributed by atoms with Gasteiger partial charge in [0, 0.05) is 17.1 Å². The molecule has 158 valence electrons. The first-order chi connectivity index (χ1) is 14.8. The van der Waals surface area contributed by atoms with Crippen LogP contribution in [0, 0.1) is 0 Å². The number of aromatic amines is 1. The van der Waals surface area contributed by atoms with Crippen molar-refractivity contribution in [2.45, 2.75) is 16.2 Å². The van der Waals surface area contributed by atoms with Crippen molar-refractivity contribution >= 4 is 49.9 Å². The minimum Gasteiger partial charge on any atom is -0.481 e. The van der Waals surface area contributed by atoms with E-state index in [0.29, 0.717) is 22.2 Å². The second-order valence-electron chi connectivity index (χ2n) is 6.74. The summed E-state index contributed by atoms with van der Waals surface area (Å²) in [7, 11) is -3.74. The monoisotopic (exact) mass is 475 g/mol. The molecule has 0 atom stereocenters. The molecule has 0 bridgehead atoms. The van der Waals surface area contributed by atoms with E-state index in [2.05, 4.69) is 4.98 Å². The highest BCUT2D eigenvalue weighted by molar-refractivity contribution is 7.91. The fourth-order valence-corrected chi connectivity index (χ4v) is 5.24. The Hall–Kier alpha value is -3.00. The summed E-state index contributed by atoms with van der Waals surface area (Å²) in [6, 6.07) is 16.0. The number of carbonyl (C=O) groups is 1. The standard InChI is InChI=1S/C22H15Cl2NO5S/c23-17-8-13(10-21(26)27)9-18(24)22(17)30-14-6-7-19-16(11-14)20(12-25-19)31(28,29)15-4-2-1-3-5-15/h1-9,11-12,25H,10H2,(H,26,27). The number of hydrogen-bond donors (Lipinski definition) is 2. The molecule has 0 saturated carbocycles. The number of carboxylic acids is 1. The van der Waals surface area contributed by atoms with E-state index in [1.165, 1.54) is 30.5 Å². The van der Waals surface area contributed by atoms with Gasteiger partial charge in [-0.05, 0) is 48.0 Å². The smallest absolute Gasteiger partial charge is 0.307 e. The van der Waals surface area contributed by atoms with Crippen LogP contribution in [0.15, 0.2) is 76.7 Å². The van der Waals surface area contributed by atoms with E-state index in [-0.39, 0.29) is 32.0 Å². The van der Waals surface area contributed by atoms with Gasteiger partial charge < -0.3 is 14.8 Å². The lowest BCUT2D eigenvalue weighted by Gasteiger charge is -2.11. The zero-order chi connectivity index (χ0) is 22.2. The summed E-state index contributed by atoms with van der Waals surface area (Å²) >= 11 is 12.5. The number of aromatic nitrogens is 1. The van der Waals surface area contributed by atoms with E-state index >= 15 is 0 Å². The summed E-state index contributed by atoms with van der Waals surface area (Å²) in [5, 5.41) is 9.69. The Kier molecular flexibility index (Phi) is 5.66. The Morgan fingerprint density at radius 3 is 2.32 bits per heavy atom. The van der Waals surface area contributed by atoms with Crippen LogP contribution in [0.2, 0.25) is 10.0 Å². The number of hydrogen-bond acceptors (Lipinski definition) is 4. The molecule has 0 aliphatic carbocycles. The van der Waals surface area contributed by atoms with E-state index in [4.69, 9.17) is 33.0 Å². The lowest BCUT2D eigenvalue weighted by atomic mass is 10.1. The number of nitrogens with one attached hydrogen (secondary N) is 1. The fraction of sp³-hybridized carbons (Fsp3) is 0.0455. The van der Waals surface area contributed by atoms with Crippen LogP contribution < -0.4 is 4.74 Å². The molecule has 0 fully saturated rings. The lowest BCUT2D eigenvalue weighted by molar-refractivity contribution is -0.136. The van der Waals surface area contributed by atoms with Crippen LogP contribution in [0.5, 0.6) is 11.5 Å². The van der Waals surface area contributed by atoms with Gasteiger partial charge in [-0.2, -0.15) is 0 Å². The molecule has 31 heavy (non-hydrogen) atoms. The maximum Gasteiger partial charge on any atom is 0.307 e. The highest BCUT2D eigenvalue weighted by Gasteiger charge is 2.22. The van der Waals surface area contributed by atoms with Gasteiger partial charge in [-0.1, -0.05) is 41.4 Å². The molecule has 0 unspecified atom stereocenters. The topological polar surface area (TPSA) is 96.5 Å². The van der Waals surface area contributed by atoms with E-state index in [0.717, 1.165) is 0 Å². The van der Waals surface area contributed by atoms with Gasteiger partial charge in [-0.3, -0.25) is 4.79 Å². The third kappa shape index (κ3) is 4.25. The molecule has 0 aliphatic heterocycles. The Balaban J connectivity index is 1.73. The van der Waals surface area contributed by atoms with Crippen LogP contribution in [0.1, 0.15) is 5.56 Å². The number of carboxylic acid groups (broad SMARTS) is 1. The Morgan fingerprint density at radius 2 is 1.68 bits per heavy atom. The minimum absolute atomic E-state index is 0.119. The average molecular weight is 476 g/mol. The van der Waals surface area contributed by atoms with Gasteiger partial charge in [0.1, 0.15) is 5.75 Å². The molecule has 0 spiro atoms. The number of sulfone groups is 1. The number of halogens is 2. The van der Waals surface area contributed by atoms with Gasteiger partial charge >= 0.3 is 5.97 Å². The number of fused-ring (bicyclic) bond motifs is 1. The molecule has 9 heteroatoms. The quantitative estimate of drug-likeness (QED) is 0.371. The highest BCUT2D eigenvalue weighted by Crippen LogP contribution is 2.39. The van der Waals surface area contributed by atoms with Crippen molar-refractivity contribution in [3.63, 3.8) is 0 Å². The zero-order valence-electron chi connectivity index (χ0n) is 15.8. The molecule has 0 radical (unpaired) electrons. The maximum absolute atomic E-state index is 13.1. The first-order valence-electron chi connectivity index (χ1n) is 9.04. The van der Waals surface area contributed by atoms with Crippen molar-refractivity contribution in [3.8, 4) is 11.5 Å². The van der Waals surface area contributed by atoms with Crippen LogP contribution in [-0.4, -0.2) is 24.5 Å². The zero-order valence-corrected chi connectivity index (χ0v) is 18.1. The molecular weight excluding hydrogens is 461 g/mol. The third-order valence-corrected chi connectivity index (χ3v) is 6.96. The molecule has 3 aromatic carbocycles. The second kappa shape index (κ2) is 8.26. The van der Waals surface area contributed by atoms with Crippen molar-refractivity contribution < 1.29 is 23.1 Å². The number of rotatable bonds is 6. The second-order valence-corrected chi connectivity index (χ2v) is 9.47. The molecule has 1 heterocycles. The van der Waals surface area contributed by atoms with Crippen LogP contribution in [0.4, 0.5) is 0 Å². The summed E-state index contributed by atoms with van der Waals surface area (Å²) in [6.45, 7) is 0. The largest absolute Gasteiger partial charge is 0.481 e. The van der Waals surface area contributed by atoms with Crippen molar-refractivity contribution in [1.29, 1.82) is 0 Å². The first kappa shape index (κ1) is 21.2. The Labute approximate surface area is 187 Å². The molecule has 0 saturated heterocycles. The molecule has 6 nitrogen and oxygen atoms in total. The van der Waals surface area contributed by atoms with E-state index < -0.39 is 15.8 Å². The molecule has 1 aromatic heterocycles. The Morgan fingerprint density at radius 1 is 1.00 bits per heavy atom. The Bertz CT molecular complexity index is 1380. The number of aliphatic carboxylic acids is 1. The third-order valence-electron chi connectivity index (χ3n) is 4.59. The number of H-pyrrole nitrogens is 1. The van der Waals surface area contributed by atoms with Crippen LogP contribution in [0.3, 0.4) is 0 Å². The van der Waals surface area contributed by atoms with Gasteiger partial charge in [-0.25, -0.2) is 8.42 Å². The van der Waals surface area contributed by atoms with Crippen molar-refractivity contribution in [1.82, 2.24) is 4.98 Å². The van der Waals surface area contributed by atoms with Gasteiger partial charge in [0.15, 0.2) is 5.75 Å². The summed E-state index contributed by atoms with van der Waals surface area (Å²) < 4.78 is 32.0. The van der Waals surface area contributed by atoms with Gasteiger partial charge in [0.25, 0.3) is 0 Å². The van der Waals surface area contributed by atoms with Crippen molar-refractivity contribution in [2.24, 2.45) is 0 Å². The SMILES string of the molecule is O=C(O)Cc1cc(Cl)c(Oc2ccc3[nH]cc(S(=O)(=O)c4ccccc4)c3c2)c(Cl)c1. The van der Waals surface area contributed by atoms with Crippen LogP contribution in [0.25, 0.3) is 10.9 Å². The van der Waals surface area contributed by atoms with Gasteiger partial charge in [-0.15, -0.1) is 0 Å². The van der Waals surface area contributed by atoms with Gasteiger partial charge in [0.05, 0.1) is 26.3 Å². The van der Waals surface area contributed by atoms with Crippen LogP contribution >= 0.6 is 23.2 Å².